The third kappa shape index (κ3) is 5.80. The normalized spacial score (nSPS) is 21.1. The molecule has 24 heavy (non-hydrogen) atoms. The number of nitrogens with one attached hydrogen (secondary N) is 1. The van der Waals surface area contributed by atoms with Crippen LogP contribution in [0.1, 0.15) is 45.1 Å². The number of carbonyl (C=O) groups is 1. The predicted molar refractivity (Wildman–Crippen MR) is 94.9 cm³/mol. The highest BCUT2D eigenvalue weighted by molar-refractivity contribution is 5.78. The predicted octanol–water partition coefficient (Wildman–Crippen LogP) is 2.33. The van der Waals surface area contributed by atoms with Gasteiger partial charge in [0.15, 0.2) is 0 Å². The summed E-state index contributed by atoms with van der Waals surface area (Å²) in [5.41, 5.74) is 1.14. The summed E-state index contributed by atoms with van der Waals surface area (Å²) >= 11 is 0. The molecule has 0 spiro atoms. The van der Waals surface area contributed by atoms with E-state index in [1.165, 1.54) is 0 Å². The molecule has 0 bridgehead atoms. The van der Waals surface area contributed by atoms with E-state index in [2.05, 4.69) is 16.3 Å². The van der Waals surface area contributed by atoms with Gasteiger partial charge in [0, 0.05) is 18.6 Å². The van der Waals surface area contributed by atoms with Crippen molar-refractivity contribution in [3.05, 3.63) is 29.8 Å². The van der Waals surface area contributed by atoms with Gasteiger partial charge in [0.1, 0.15) is 5.75 Å². The number of nitrogens with zero attached hydrogens (tertiary/aromatic N) is 1. The van der Waals surface area contributed by atoms with Gasteiger partial charge in [-0.25, -0.2) is 0 Å². The fourth-order valence-electron chi connectivity index (χ4n) is 3.29. The molecule has 0 aliphatic heterocycles. The van der Waals surface area contributed by atoms with Crippen LogP contribution in [0.2, 0.25) is 0 Å². The molecule has 2 rings (SSSR count). The number of amides is 1. The standard InChI is InChI=1S/C19H30N2O3/c1-14(2)20-19(23)13-21(16-7-9-17(22)10-8-16)12-15-5-4-6-18(11-15)24-3/h4-6,11,14,16-17,22H,7-10,12-13H2,1-3H3,(H,20,23). The molecule has 1 aromatic rings. The van der Waals surface area contributed by atoms with E-state index in [0.717, 1.165) is 37.0 Å². The van der Waals surface area contributed by atoms with E-state index in [4.69, 9.17) is 4.74 Å². The van der Waals surface area contributed by atoms with E-state index in [9.17, 15) is 9.90 Å². The van der Waals surface area contributed by atoms with Crippen molar-refractivity contribution in [2.24, 2.45) is 0 Å². The van der Waals surface area contributed by atoms with Gasteiger partial charge in [0.25, 0.3) is 0 Å². The highest BCUT2D eigenvalue weighted by Gasteiger charge is 2.26. The SMILES string of the molecule is COc1cccc(CN(CC(=O)NC(C)C)C2CCC(O)CC2)c1. The average molecular weight is 334 g/mol. The first-order valence-electron chi connectivity index (χ1n) is 8.82. The highest BCUT2D eigenvalue weighted by Crippen LogP contribution is 2.25. The molecule has 1 aromatic carbocycles. The molecule has 1 amide bonds. The van der Waals surface area contributed by atoms with Crippen LogP contribution >= 0.6 is 0 Å². The van der Waals surface area contributed by atoms with Crippen molar-refractivity contribution in [1.82, 2.24) is 10.2 Å². The van der Waals surface area contributed by atoms with Gasteiger partial charge in [-0.2, -0.15) is 0 Å². The van der Waals surface area contributed by atoms with Crippen molar-refractivity contribution >= 4 is 5.91 Å². The minimum absolute atomic E-state index is 0.0546. The minimum atomic E-state index is -0.190. The molecule has 0 saturated heterocycles. The van der Waals surface area contributed by atoms with Crippen LogP contribution in [-0.2, 0) is 11.3 Å². The van der Waals surface area contributed by atoms with Gasteiger partial charge in [-0.3, -0.25) is 9.69 Å². The van der Waals surface area contributed by atoms with Crippen molar-refractivity contribution in [2.75, 3.05) is 13.7 Å². The monoisotopic (exact) mass is 334 g/mol. The van der Waals surface area contributed by atoms with Crippen LogP contribution in [-0.4, -0.2) is 47.8 Å². The first-order valence-corrected chi connectivity index (χ1v) is 8.82. The molecule has 5 nitrogen and oxygen atoms in total. The maximum absolute atomic E-state index is 12.3. The zero-order valence-electron chi connectivity index (χ0n) is 15.0. The maximum atomic E-state index is 12.3. The first kappa shape index (κ1) is 18.7. The molecule has 0 unspecified atom stereocenters. The summed E-state index contributed by atoms with van der Waals surface area (Å²) in [6.07, 6.45) is 3.29. The summed E-state index contributed by atoms with van der Waals surface area (Å²) in [5.74, 6) is 0.886. The number of benzene rings is 1. The Morgan fingerprint density at radius 1 is 1.33 bits per heavy atom. The van der Waals surface area contributed by atoms with Crippen molar-refractivity contribution in [2.45, 2.75) is 64.3 Å². The first-order chi connectivity index (χ1) is 11.5. The molecule has 2 N–H and O–H groups in total. The molecule has 0 radical (unpaired) electrons. The second-order valence-electron chi connectivity index (χ2n) is 6.94. The van der Waals surface area contributed by atoms with Crippen LogP contribution < -0.4 is 10.1 Å². The number of hydrogen-bond donors (Lipinski definition) is 2. The Morgan fingerprint density at radius 3 is 2.67 bits per heavy atom. The zero-order valence-corrected chi connectivity index (χ0v) is 15.0. The molecule has 1 saturated carbocycles. The van der Waals surface area contributed by atoms with Crippen LogP contribution in [0.4, 0.5) is 0 Å². The largest absolute Gasteiger partial charge is 0.497 e. The second kappa shape index (κ2) is 9.04. The number of rotatable bonds is 7. The molecular weight excluding hydrogens is 304 g/mol. The highest BCUT2D eigenvalue weighted by atomic mass is 16.5. The third-order valence-electron chi connectivity index (χ3n) is 4.50. The van der Waals surface area contributed by atoms with Crippen LogP contribution in [0.5, 0.6) is 5.75 Å². The average Bonchev–Trinajstić information content (AvgIpc) is 2.54. The van der Waals surface area contributed by atoms with E-state index in [1.54, 1.807) is 7.11 Å². The molecular formula is C19H30N2O3. The van der Waals surface area contributed by atoms with E-state index in [0.29, 0.717) is 19.1 Å². The molecule has 0 heterocycles. The summed E-state index contributed by atoms with van der Waals surface area (Å²) in [6, 6.07) is 8.46. The Labute approximate surface area is 145 Å². The van der Waals surface area contributed by atoms with E-state index in [-0.39, 0.29) is 18.1 Å². The van der Waals surface area contributed by atoms with Gasteiger partial charge in [-0.05, 0) is 57.2 Å². The van der Waals surface area contributed by atoms with Crippen molar-refractivity contribution in [3.63, 3.8) is 0 Å². The lowest BCUT2D eigenvalue weighted by atomic mass is 9.91. The third-order valence-corrected chi connectivity index (χ3v) is 4.50. The second-order valence-corrected chi connectivity index (χ2v) is 6.94. The Bertz CT molecular complexity index is 525. The Hall–Kier alpha value is -1.59. The van der Waals surface area contributed by atoms with Crippen LogP contribution in [0.25, 0.3) is 0 Å². The molecule has 1 aliphatic carbocycles. The number of aliphatic hydroxyl groups is 1. The lowest BCUT2D eigenvalue weighted by molar-refractivity contribution is -0.123. The smallest absolute Gasteiger partial charge is 0.234 e. The fraction of sp³-hybridized carbons (Fsp3) is 0.632. The summed E-state index contributed by atoms with van der Waals surface area (Å²) in [5, 5.41) is 12.7. The topological polar surface area (TPSA) is 61.8 Å². The van der Waals surface area contributed by atoms with Gasteiger partial charge in [-0.1, -0.05) is 12.1 Å². The number of ether oxygens (including phenoxy) is 1. The van der Waals surface area contributed by atoms with Gasteiger partial charge < -0.3 is 15.2 Å². The summed E-state index contributed by atoms with van der Waals surface area (Å²) in [4.78, 5) is 14.5. The minimum Gasteiger partial charge on any atom is -0.497 e. The van der Waals surface area contributed by atoms with Crippen molar-refractivity contribution in [1.29, 1.82) is 0 Å². The quantitative estimate of drug-likeness (QED) is 0.803. The molecule has 0 atom stereocenters. The molecule has 1 aliphatic rings. The Morgan fingerprint density at radius 2 is 2.04 bits per heavy atom. The van der Waals surface area contributed by atoms with E-state index >= 15 is 0 Å². The Balaban J connectivity index is 2.07. The van der Waals surface area contributed by atoms with Gasteiger partial charge in [0.05, 0.1) is 19.8 Å². The maximum Gasteiger partial charge on any atom is 0.234 e. The van der Waals surface area contributed by atoms with Gasteiger partial charge >= 0.3 is 0 Å². The summed E-state index contributed by atoms with van der Waals surface area (Å²) in [7, 11) is 1.66. The lowest BCUT2D eigenvalue weighted by Crippen LogP contribution is -2.45. The van der Waals surface area contributed by atoms with Crippen molar-refractivity contribution < 1.29 is 14.6 Å². The number of carbonyl (C=O) groups excluding carboxylic acids is 1. The number of methoxy groups -OCH3 is 1. The van der Waals surface area contributed by atoms with Crippen molar-refractivity contribution in [3.8, 4) is 5.75 Å². The molecule has 0 aromatic heterocycles. The number of aliphatic hydroxyl groups excluding tert-OH is 1. The van der Waals surface area contributed by atoms with Crippen LogP contribution in [0.3, 0.4) is 0 Å². The Kier molecular flexibility index (Phi) is 7.06. The lowest BCUT2D eigenvalue weighted by Gasteiger charge is -2.35. The summed E-state index contributed by atoms with van der Waals surface area (Å²) < 4.78 is 5.30. The number of hydrogen-bond acceptors (Lipinski definition) is 4. The summed E-state index contributed by atoms with van der Waals surface area (Å²) in [6.45, 7) is 5.04. The van der Waals surface area contributed by atoms with Crippen LogP contribution in [0, 0.1) is 0 Å². The van der Waals surface area contributed by atoms with E-state index in [1.807, 2.05) is 32.0 Å². The van der Waals surface area contributed by atoms with Crippen LogP contribution in [0.15, 0.2) is 24.3 Å². The van der Waals surface area contributed by atoms with Gasteiger partial charge in [-0.15, -0.1) is 0 Å². The molecule has 5 heteroatoms. The van der Waals surface area contributed by atoms with E-state index < -0.39 is 0 Å². The fourth-order valence-corrected chi connectivity index (χ4v) is 3.29. The molecule has 1 fully saturated rings. The zero-order chi connectivity index (χ0) is 17.5. The van der Waals surface area contributed by atoms with Gasteiger partial charge in [0.2, 0.25) is 5.91 Å². The molecule has 134 valence electrons.